The molecule has 6 nitrogen and oxygen atoms in total. The highest BCUT2D eigenvalue weighted by Crippen LogP contribution is 2.40. The number of hydrogen-bond acceptors (Lipinski definition) is 5. The number of thioether (sulfide) groups is 1. The third-order valence-corrected chi connectivity index (χ3v) is 6.33. The van der Waals surface area contributed by atoms with Crippen molar-refractivity contribution in [1.82, 2.24) is 0 Å². The third kappa shape index (κ3) is 4.76. The maximum Gasteiger partial charge on any atom is 0.313 e. The lowest BCUT2D eigenvalue weighted by molar-refractivity contribution is -0.133. The average Bonchev–Trinajstić information content (AvgIpc) is 2.64. The fourth-order valence-electron chi connectivity index (χ4n) is 2.78. The van der Waals surface area contributed by atoms with Crippen LogP contribution in [0.25, 0.3) is 10.8 Å². The zero-order valence-electron chi connectivity index (χ0n) is 15.0. The summed E-state index contributed by atoms with van der Waals surface area (Å²) in [5.41, 5.74) is 1.99. The molecule has 0 aromatic heterocycles. The molecule has 0 heterocycles. The van der Waals surface area contributed by atoms with Crippen molar-refractivity contribution >= 4 is 44.2 Å². The molecule has 0 aliphatic heterocycles. The monoisotopic (exact) mass is 417 g/mol. The van der Waals surface area contributed by atoms with E-state index in [1.165, 1.54) is 6.07 Å². The zero-order valence-corrected chi connectivity index (χ0v) is 16.7. The maximum absolute atomic E-state index is 12.7. The van der Waals surface area contributed by atoms with Crippen LogP contribution in [0.15, 0.2) is 59.5 Å². The largest absolute Gasteiger partial charge is 0.506 e. The summed E-state index contributed by atoms with van der Waals surface area (Å²) in [6.45, 7) is 1.93. The molecule has 0 radical (unpaired) electrons. The maximum atomic E-state index is 12.7. The first kappa shape index (κ1) is 20.0. The van der Waals surface area contributed by atoms with Gasteiger partial charge in [-0.15, -0.1) is 11.8 Å². The molecule has 3 aromatic carbocycles. The van der Waals surface area contributed by atoms with Crippen LogP contribution < -0.4 is 4.72 Å². The number of phenolic OH excluding ortho intramolecular Hbond substituents is 1. The van der Waals surface area contributed by atoms with Crippen LogP contribution in [0.5, 0.6) is 5.75 Å². The summed E-state index contributed by atoms with van der Waals surface area (Å²) in [5, 5.41) is 20.3. The van der Waals surface area contributed by atoms with Crippen LogP contribution in [0, 0.1) is 6.92 Å². The Hall–Kier alpha value is -2.71. The molecular weight excluding hydrogens is 398 g/mol. The van der Waals surface area contributed by atoms with Gasteiger partial charge in [-0.25, -0.2) is 8.42 Å². The predicted octanol–water partition coefficient (Wildman–Crippen LogP) is 3.97. The SMILES string of the molecule is Cc1ccc(CS(=O)(=O)Nc2cc(SCC(=O)O)c(O)c3ccccc23)cc1. The van der Waals surface area contributed by atoms with Gasteiger partial charge >= 0.3 is 5.97 Å². The van der Waals surface area contributed by atoms with Crippen LogP contribution in [0.3, 0.4) is 0 Å². The number of carbonyl (C=O) groups is 1. The highest BCUT2D eigenvalue weighted by molar-refractivity contribution is 8.00. The van der Waals surface area contributed by atoms with Crippen LogP contribution in [-0.4, -0.2) is 30.4 Å². The molecule has 0 saturated heterocycles. The minimum Gasteiger partial charge on any atom is -0.506 e. The van der Waals surface area contributed by atoms with Gasteiger partial charge in [-0.2, -0.15) is 0 Å². The molecule has 0 atom stereocenters. The summed E-state index contributed by atoms with van der Waals surface area (Å²) >= 11 is 0.931. The number of nitrogens with one attached hydrogen (secondary N) is 1. The number of aromatic hydroxyl groups is 1. The highest BCUT2D eigenvalue weighted by Gasteiger charge is 2.18. The van der Waals surface area contributed by atoms with Gasteiger partial charge in [0.1, 0.15) is 5.75 Å². The molecule has 0 aliphatic rings. The third-order valence-electron chi connectivity index (χ3n) is 4.08. The van der Waals surface area contributed by atoms with Crippen molar-refractivity contribution in [2.75, 3.05) is 10.5 Å². The summed E-state index contributed by atoms with van der Waals surface area (Å²) < 4.78 is 28.0. The van der Waals surface area contributed by atoms with Gasteiger partial charge in [-0.1, -0.05) is 54.1 Å². The van der Waals surface area contributed by atoms with Gasteiger partial charge in [0.25, 0.3) is 0 Å². The molecule has 3 N–H and O–H groups in total. The minimum absolute atomic E-state index is 0.0664. The first-order chi connectivity index (χ1) is 13.2. The molecule has 0 amide bonds. The number of sulfonamides is 1. The van der Waals surface area contributed by atoms with Gasteiger partial charge in [-0.3, -0.25) is 9.52 Å². The van der Waals surface area contributed by atoms with E-state index in [0.29, 0.717) is 26.9 Å². The van der Waals surface area contributed by atoms with Crippen LogP contribution in [0.1, 0.15) is 11.1 Å². The lowest BCUT2D eigenvalue weighted by Gasteiger charge is -2.14. The van der Waals surface area contributed by atoms with E-state index in [0.717, 1.165) is 17.3 Å². The Labute approximate surface area is 167 Å². The standard InChI is InChI=1S/C20H19NO5S2/c1-13-6-8-14(9-7-13)12-28(25,26)21-17-10-18(27-11-19(22)23)20(24)16-5-3-2-4-15(16)17/h2-10,21,24H,11-12H2,1H3,(H,22,23). The van der Waals surface area contributed by atoms with Crippen LogP contribution in [0.2, 0.25) is 0 Å². The van der Waals surface area contributed by atoms with Crippen LogP contribution >= 0.6 is 11.8 Å². The minimum atomic E-state index is -3.71. The van der Waals surface area contributed by atoms with Gasteiger partial charge in [-0.05, 0) is 18.6 Å². The molecule has 0 saturated carbocycles. The van der Waals surface area contributed by atoms with Crippen molar-refractivity contribution in [3.05, 3.63) is 65.7 Å². The number of phenols is 1. The molecule has 0 aliphatic carbocycles. The predicted molar refractivity (Wildman–Crippen MR) is 111 cm³/mol. The second kappa shape index (κ2) is 8.12. The number of anilines is 1. The molecule has 0 spiro atoms. The lowest BCUT2D eigenvalue weighted by Crippen LogP contribution is -2.15. The van der Waals surface area contributed by atoms with Crippen LogP contribution in [0.4, 0.5) is 5.69 Å². The van der Waals surface area contributed by atoms with Crippen molar-refractivity contribution in [2.24, 2.45) is 0 Å². The summed E-state index contributed by atoms with van der Waals surface area (Å²) in [7, 11) is -3.71. The van der Waals surface area contributed by atoms with Crippen molar-refractivity contribution in [1.29, 1.82) is 0 Å². The number of hydrogen-bond donors (Lipinski definition) is 3. The van der Waals surface area contributed by atoms with E-state index in [1.807, 2.05) is 19.1 Å². The molecule has 28 heavy (non-hydrogen) atoms. The first-order valence-corrected chi connectivity index (χ1v) is 11.0. The fourth-order valence-corrected chi connectivity index (χ4v) is 4.71. The van der Waals surface area contributed by atoms with E-state index in [-0.39, 0.29) is 17.3 Å². The molecule has 3 rings (SSSR count). The Morgan fingerprint density at radius 1 is 1.07 bits per heavy atom. The van der Waals surface area contributed by atoms with E-state index in [2.05, 4.69) is 4.72 Å². The van der Waals surface area contributed by atoms with Crippen molar-refractivity contribution in [3.8, 4) is 5.75 Å². The lowest BCUT2D eigenvalue weighted by atomic mass is 10.1. The Bertz CT molecular complexity index is 1130. The van der Waals surface area contributed by atoms with Crippen LogP contribution in [-0.2, 0) is 20.6 Å². The summed E-state index contributed by atoms with van der Waals surface area (Å²) in [4.78, 5) is 11.2. The molecule has 3 aromatic rings. The molecule has 0 fully saturated rings. The van der Waals surface area contributed by atoms with Crippen molar-refractivity contribution in [2.45, 2.75) is 17.6 Å². The van der Waals surface area contributed by atoms with E-state index < -0.39 is 16.0 Å². The van der Waals surface area contributed by atoms with Gasteiger partial charge in [0, 0.05) is 10.8 Å². The second-order valence-corrected chi connectivity index (χ2v) is 9.09. The Morgan fingerprint density at radius 2 is 1.71 bits per heavy atom. The second-order valence-electron chi connectivity index (χ2n) is 6.35. The number of carboxylic acids is 1. The van der Waals surface area contributed by atoms with E-state index >= 15 is 0 Å². The first-order valence-electron chi connectivity index (χ1n) is 8.40. The van der Waals surface area contributed by atoms with Gasteiger partial charge < -0.3 is 10.2 Å². The quantitative estimate of drug-likeness (QED) is 0.397. The molecule has 8 heteroatoms. The average molecular weight is 418 g/mol. The number of fused-ring (bicyclic) bond motifs is 1. The Morgan fingerprint density at radius 3 is 2.36 bits per heavy atom. The highest BCUT2D eigenvalue weighted by atomic mass is 32.2. The normalized spacial score (nSPS) is 11.5. The van der Waals surface area contributed by atoms with Gasteiger partial charge in [0.15, 0.2) is 0 Å². The van der Waals surface area contributed by atoms with E-state index in [1.54, 1.807) is 36.4 Å². The zero-order chi connectivity index (χ0) is 20.3. The van der Waals surface area contributed by atoms with E-state index in [9.17, 15) is 18.3 Å². The van der Waals surface area contributed by atoms with Gasteiger partial charge in [0.05, 0.1) is 22.1 Å². The molecule has 146 valence electrons. The number of aliphatic carboxylic acids is 1. The summed E-state index contributed by atoms with van der Waals surface area (Å²) in [5.74, 6) is -1.54. The fraction of sp³-hybridized carbons (Fsp3) is 0.150. The number of aryl methyl sites for hydroxylation is 1. The van der Waals surface area contributed by atoms with E-state index in [4.69, 9.17) is 5.11 Å². The van der Waals surface area contributed by atoms with Crippen molar-refractivity contribution < 1.29 is 23.4 Å². The number of benzene rings is 3. The Kier molecular flexibility index (Phi) is 5.81. The number of carboxylic acid groups (broad SMARTS) is 1. The number of rotatable bonds is 7. The smallest absolute Gasteiger partial charge is 0.313 e. The molecule has 0 unspecified atom stereocenters. The summed E-state index contributed by atoms with van der Waals surface area (Å²) in [6.07, 6.45) is 0. The van der Waals surface area contributed by atoms with Gasteiger partial charge in [0.2, 0.25) is 10.0 Å². The van der Waals surface area contributed by atoms with Crippen molar-refractivity contribution in [3.63, 3.8) is 0 Å². The molecular formula is C20H19NO5S2. The summed E-state index contributed by atoms with van der Waals surface area (Å²) in [6, 6.07) is 15.5. The Balaban J connectivity index is 1.97. The topological polar surface area (TPSA) is 104 Å². The molecule has 0 bridgehead atoms.